The van der Waals surface area contributed by atoms with E-state index in [0.29, 0.717) is 11.8 Å². The van der Waals surface area contributed by atoms with Gasteiger partial charge in [0.25, 0.3) is 0 Å². The molecule has 0 aliphatic carbocycles. The summed E-state index contributed by atoms with van der Waals surface area (Å²) in [5.74, 6) is 1.13. The summed E-state index contributed by atoms with van der Waals surface area (Å²) in [6, 6.07) is 0. The molecule has 1 fully saturated rings. The van der Waals surface area contributed by atoms with E-state index in [9.17, 15) is 0 Å². The molecule has 0 aromatic rings. The first-order valence-electron chi connectivity index (χ1n) is 3.54. The second kappa shape index (κ2) is 1.96. The summed E-state index contributed by atoms with van der Waals surface area (Å²) in [4.78, 5) is 5.17. The Labute approximate surface area is 56.5 Å². The van der Waals surface area contributed by atoms with Crippen molar-refractivity contribution >= 4 is 0 Å². The van der Waals surface area contributed by atoms with E-state index in [1.54, 1.807) is 0 Å². The zero-order valence-electron chi connectivity index (χ0n) is 6.56. The van der Waals surface area contributed by atoms with Crippen molar-refractivity contribution in [3.8, 4) is 0 Å². The lowest BCUT2D eigenvalue weighted by Crippen LogP contribution is -2.29. The van der Waals surface area contributed by atoms with E-state index in [1.807, 2.05) is 0 Å². The lowest BCUT2D eigenvalue weighted by molar-refractivity contribution is 0.180. The molecule has 0 radical (unpaired) electrons. The molecule has 0 unspecified atom stereocenters. The Kier molecular flexibility index (Phi) is 1.53. The smallest absolute Gasteiger partial charge is 0.166 e. The molecule has 1 N–H and O–H groups in total. The molecule has 0 amide bonds. The Morgan fingerprint density at radius 1 is 1.11 bits per heavy atom. The third kappa shape index (κ3) is 0.970. The van der Waals surface area contributed by atoms with Crippen molar-refractivity contribution in [2.24, 2.45) is 11.8 Å². The highest BCUT2D eigenvalue weighted by Crippen LogP contribution is 2.35. The van der Waals surface area contributed by atoms with Crippen LogP contribution in [0.4, 0.5) is 0 Å². The van der Waals surface area contributed by atoms with Gasteiger partial charge in [-0.1, -0.05) is 27.7 Å². The van der Waals surface area contributed by atoms with Gasteiger partial charge < -0.3 is 0 Å². The number of nitrogens with one attached hydrogen (secondary N) is 1. The Morgan fingerprint density at radius 3 is 1.44 bits per heavy atom. The van der Waals surface area contributed by atoms with Gasteiger partial charge in [-0.25, -0.2) is 0 Å². The van der Waals surface area contributed by atoms with Crippen molar-refractivity contribution in [1.82, 2.24) is 5.48 Å². The first-order chi connectivity index (χ1) is 4.09. The molecule has 0 spiro atoms. The van der Waals surface area contributed by atoms with Crippen LogP contribution in [0.25, 0.3) is 0 Å². The van der Waals surface area contributed by atoms with Crippen molar-refractivity contribution in [3.05, 3.63) is 0 Å². The average Bonchev–Trinajstić information content (AvgIpc) is 2.40. The van der Waals surface area contributed by atoms with Gasteiger partial charge >= 0.3 is 0 Å². The quantitative estimate of drug-likeness (QED) is 0.574. The molecule has 0 saturated carbocycles. The van der Waals surface area contributed by atoms with Gasteiger partial charge in [0, 0.05) is 11.8 Å². The maximum Gasteiger partial charge on any atom is 0.166 e. The number of rotatable bonds is 2. The van der Waals surface area contributed by atoms with E-state index in [-0.39, 0.29) is 5.72 Å². The van der Waals surface area contributed by atoms with E-state index in [4.69, 9.17) is 4.84 Å². The van der Waals surface area contributed by atoms with Crippen molar-refractivity contribution < 1.29 is 4.84 Å². The van der Waals surface area contributed by atoms with Crippen LogP contribution >= 0.6 is 0 Å². The standard InChI is InChI=1S/C7H15NO/c1-5(2)7(6(3)4)8-9-7/h5-6,8H,1-4H3. The minimum absolute atomic E-state index is 0. The maximum atomic E-state index is 5.17. The summed E-state index contributed by atoms with van der Waals surface area (Å²) in [5, 5.41) is 0. The van der Waals surface area contributed by atoms with Gasteiger partial charge in [-0.15, -0.1) is 0 Å². The molecular weight excluding hydrogens is 114 g/mol. The van der Waals surface area contributed by atoms with Gasteiger partial charge in [0.15, 0.2) is 5.72 Å². The molecule has 0 aromatic carbocycles. The molecule has 0 bridgehead atoms. The van der Waals surface area contributed by atoms with E-state index in [2.05, 4.69) is 33.2 Å². The summed E-state index contributed by atoms with van der Waals surface area (Å²) in [6.45, 7) is 8.67. The molecule has 0 atom stereocenters. The molecule has 1 saturated heterocycles. The van der Waals surface area contributed by atoms with Crippen LogP contribution in [0.5, 0.6) is 0 Å². The summed E-state index contributed by atoms with van der Waals surface area (Å²) >= 11 is 0. The molecule has 0 aromatic heterocycles. The van der Waals surface area contributed by atoms with Gasteiger partial charge in [-0.2, -0.15) is 5.48 Å². The predicted octanol–water partition coefficient (Wildman–Crippen LogP) is 1.53. The molecule has 2 nitrogen and oxygen atoms in total. The largest absolute Gasteiger partial charge is 0.274 e. The minimum Gasteiger partial charge on any atom is -0.274 e. The van der Waals surface area contributed by atoms with E-state index < -0.39 is 0 Å². The van der Waals surface area contributed by atoms with Crippen LogP contribution in [0, 0.1) is 11.8 Å². The second-order valence-corrected chi connectivity index (χ2v) is 3.31. The van der Waals surface area contributed by atoms with Crippen molar-refractivity contribution in [2.75, 3.05) is 0 Å². The topological polar surface area (TPSA) is 34.5 Å². The van der Waals surface area contributed by atoms with Crippen LogP contribution in [-0.2, 0) is 4.84 Å². The monoisotopic (exact) mass is 129 g/mol. The van der Waals surface area contributed by atoms with Crippen molar-refractivity contribution in [2.45, 2.75) is 33.4 Å². The zero-order chi connectivity index (χ0) is 7.07. The minimum atomic E-state index is 0. The number of hydroxylamine groups is 1. The lowest BCUT2D eigenvalue weighted by atomic mass is 9.92. The third-order valence-corrected chi connectivity index (χ3v) is 2.05. The number of hydrogen-bond acceptors (Lipinski definition) is 2. The summed E-state index contributed by atoms with van der Waals surface area (Å²) in [5.41, 5.74) is 2.95. The highest BCUT2D eigenvalue weighted by atomic mass is 16.8. The Morgan fingerprint density at radius 2 is 1.44 bits per heavy atom. The normalized spacial score (nSPS) is 23.3. The fourth-order valence-electron chi connectivity index (χ4n) is 1.20. The first-order valence-corrected chi connectivity index (χ1v) is 3.54. The Balaban J connectivity index is 2.52. The van der Waals surface area contributed by atoms with Gasteiger partial charge in [0.05, 0.1) is 0 Å². The number of hydrogen-bond donors (Lipinski definition) is 1. The average molecular weight is 129 g/mol. The van der Waals surface area contributed by atoms with Crippen LogP contribution in [-0.4, -0.2) is 5.72 Å². The first kappa shape index (κ1) is 7.03. The van der Waals surface area contributed by atoms with Crippen LogP contribution in [0.2, 0.25) is 0 Å². The fourth-order valence-corrected chi connectivity index (χ4v) is 1.20. The molecule has 1 heterocycles. The molecule has 1 aliphatic rings. The Bertz CT molecular complexity index is 95.5. The molecule has 2 heteroatoms. The maximum absolute atomic E-state index is 5.17. The van der Waals surface area contributed by atoms with Crippen LogP contribution in [0.15, 0.2) is 0 Å². The SMILES string of the molecule is CC(C)C1(C(C)C)NO1. The van der Waals surface area contributed by atoms with Gasteiger partial charge in [-0.3, -0.25) is 4.84 Å². The van der Waals surface area contributed by atoms with Gasteiger partial charge in [-0.05, 0) is 0 Å². The van der Waals surface area contributed by atoms with Gasteiger partial charge in [0.1, 0.15) is 0 Å². The predicted molar refractivity (Wildman–Crippen MR) is 36.6 cm³/mol. The zero-order valence-corrected chi connectivity index (χ0v) is 6.56. The molecule has 54 valence electrons. The molecular formula is C7H15NO. The summed E-state index contributed by atoms with van der Waals surface area (Å²) in [6.07, 6.45) is 0. The highest BCUT2D eigenvalue weighted by Gasteiger charge is 2.50. The molecule has 9 heavy (non-hydrogen) atoms. The summed E-state index contributed by atoms with van der Waals surface area (Å²) < 4.78 is 0. The fraction of sp³-hybridized carbons (Fsp3) is 1.00. The third-order valence-electron chi connectivity index (χ3n) is 2.05. The van der Waals surface area contributed by atoms with Crippen LogP contribution in [0.3, 0.4) is 0 Å². The van der Waals surface area contributed by atoms with Crippen LogP contribution in [0.1, 0.15) is 27.7 Å². The highest BCUT2D eigenvalue weighted by molar-refractivity contribution is 4.89. The Hall–Kier alpha value is -0.0800. The van der Waals surface area contributed by atoms with Crippen molar-refractivity contribution in [3.63, 3.8) is 0 Å². The van der Waals surface area contributed by atoms with E-state index >= 15 is 0 Å². The van der Waals surface area contributed by atoms with Crippen LogP contribution < -0.4 is 5.48 Å². The van der Waals surface area contributed by atoms with E-state index in [0.717, 1.165) is 0 Å². The van der Waals surface area contributed by atoms with Crippen molar-refractivity contribution in [1.29, 1.82) is 0 Å². The second-order valence-electron chi connectivity index (χ2n) is 3.31. The summed E-state index contributed by atoms with van der Waals surface area (Å²) in [7, 11) is 0. The van der Waals surface area contributed by atoms with E-state index in [1.165, 1.54) is 0 Å². The van der Waals surface area contributed by atoms with Gasteiger partial charge in [0.2, 0.25) is 0 Å². The molecule has 1 aliphatic heterocycles. The molecule has 1 rings (SSSR count). The lowest BCUT2D eigenvalue weighted by Gasteiger charge is -2.16.